The highest BCUT2D eigenvalue weighted by atomic mass is 79.9. The molecule has 0 spiro atoms. The predicted molar refractivity (Wildman–Crippen MR) is 119 cm³/mol. The lowest BCUT2D eigenvalue weighted by Gasteiger charge is -2.42. The van der Waals surface area contributed by atoms with E-state index in [-0.39, 0.29) is 17.3 Å². The quantitative estimate of drug-likeness (QED) is 0.570. The molecule has 0 radical (unpaired) electrons. The molecule has 7 nitrogen and oxygen atoms in total. The van der Waals surface area contributed by atoms with Crippen LogP contribution in [0.15, 0.2) is 26.1 Å². The van der Waals surface area contributed by atoms with Gasteiger partial charge in [0, 0.05) is 6.54 Å². The first-order chi connectivity index (χ1) is 13.8. The van der Waals surface area contributed by atoms with Crippen LogP contribution in [0.25, 0.3) is 0 Å². The molecule has 0 fully saturated rings. The third-order valence-corrected chi connectivity index (χ3v) is 9.14. The van der Waals surface area contributed by atoms with Gasteiger partial charge in [0.1, 0.15) is 37.8 Å². The molecule has 166 valence electrons. The second-order valence-electron chi connectivity index (χ2n) is 9.15. The van der Waals surface area contributed by atoms with Crippen molar-refractivity contribution in [1.82, 2.24) is 10.3 Å². The molecule has 2 aliphatic rings. The van der Waals surface area contributed by atoms with Gasteiger partial charge >= 0.3 is 6.09 Å². The van der Waals surface area contributed by atoms with Crippen molar-refractivity contribution in [1.29, 1.82) is 0 Å². The summed E-state index contributed by atoms with van der Waals surface area (Å²) >= 11 is 3.27. The van der Waals surface area contributed by atoms with Gasteiger partial charge in [0.15, 0.2) is 0 Å². The fourth-order valence-electron chi connectivity index (χ4n) is 3.82. The molecule has 10 heteroatoms. The summed E-state index contributed by atoms with van der Waals surface area (Å²) in [6.45, 7) is 9.21. The Kier molecular flexibility index (Phi) is 6.05. The molecular weight excluding hydrogens is 475 g/mol. The van der Waals surface area contributed by atoms with E-state index in [1.807, 2.05) is 6.92 Å². The summed E-state index contributed by atoms with van der Waals surface area (Å²) in [4.78, 5) is 21.6. The maximum Gasteiger partial charge on any atom is 0.413 e. The number of ether oxygens (including phenoxy) is 1. The molecule has 1 N–H and O–H groups in total. The lowest BCUT2D eigenvalue weighted by molar-refractivity contribution is 0.0560. The first-order valence-electron chi connectivity index (χ1n) is 9.91. The molecule has 1 amide bonds. The Morgan fingerprint density at radius 1 is 1.30 bits per heavy atom. The van der Waals surface area contributed by atoms with Crippen LogP contribution in [-0.4, -0.2) is 43.8 Å². The number of nitrogens with zero attached hydrogens (tertiary/aromatic N) is 3. The van der Waals surface area contributed by atoms with Crippen LogP contribution in [0.1, 0.15) is 59.6 Å². The molecule has 0 aliphatic carbocycles. The molecular formula is C20H28BrFN4O3S. The van der Waals surface area contributed by atoms with Gasteiger partial charge in [0.05, 0.1) is 15.5 Å². The SMILES string of the molecule is CC(C)(C)OC(=O)NC1=NC(C)(c2nc(Br)ccc2F)CS2(=O)=NCCCCC12C. The van der Waals surface area contributed by atoms with Crippen molar-refractivity contribution in [3.8, 4) is 0 Å². The summed E-state index contributed by atoms with van der Waals surface area (Å²) in [5.74, 6) is -0.320. The van der Waals surface area contributed by atoms with Crippen LogP contribution in [-0.2, 0) is 20.0 Å². The predicted octanol–water partition coefficient (Wildman–Crippen LogP) is 4.55. The lowest BCUT2D eigenvalue weighted by atomic mass is 9.96. The number of amidine groups is 1. The maximum atomic E-state index is 14.7. The summed E-state index contributed by atoms with van der Waals surface area (Å²) < 4.78 is 38.4. The standard InChI is InChI=1S/C20H28BrFN4O3S/c1-18(2,3)29-17(27)25-16-20(5)10-6-7-11-23-30(20,28)12-19(4,26-16)15-13(22)8-9-14(21)24-15/h8-9H,6-7,10-12H2,1-5H3,(H,25,26,27). The van der Waals surface area contributed by atoms with E-state index >= 15 is 0 Å². The van der Waals surface area contributed by atoms with Crippen molar-refractivity contribution < 1.29 is 18.1 Å². The van der Waals surface area contributed by atoms with Crippen molar-refractivity contribution in [2.45, 2.75) is 69.8 Å². The van der Waals surface area contributed by atoms with Crippen LogP contribution < -0.4 is 5.32 Å². The highest BCUT2D eigenvalue weighted by Crippen LogP contribution is 2.42. The third kappa shape index (κ3) is 4.39. The van der Waals surface area contributed by atoms with E-state index in [9.17, 15) is 13.4 Å². The van der Waals surface area contributed by atoms with Crippen molar-refractivity contribution >= 4 is 37.6 Å². The molecule has 0 saturated heterocycles. The highest BCUT2D eigenvalue weighted by Gasteiger charge is 2.52. The number of amides is 1. The summed E-state index contributed by atoms with van der Waals surface area (Å²) in [5, 5.41) is 2.71. The van der Waals surface area contributed by atoms with Gasteiger partial charge in [0.25, 0.3) is 0 Å². The minimum Gasteiger partial charge on any atom is -0.444 e. The fourth-order valence-corrected chi connectivity index (χ4v) is 7.07. The Balaban J connectivity index is 2.17. The van der Waals surface area contributed by atoms with Crippen LogP contribution in [0, 0.1) is 5.82 Å². The zero-order valence-corrected chi connectivity index (χ0v) is 20.3. The number of alkyl carbamates (subject to hydrolysis) is 1. The van der Waals surface area contributed by atoms with Crippen molar-refractivity contribution in [2.24, 2.45) is 9.36 Å². The number of hydrogen-bond acceptors (Lipinski definition) is 6. The number of nitrogens with one attached hydrogen (secondary N) is 1. The van der Waals surface area contributed by atoms with Gasteiger partial charge in [-0.15, -0.1) is 0 Å². The van der Waals surface area contributed by atoms with Crippen LogP contribution in [0.4, 0.5) is 9.18 Å². The van der Waals surface area contributed by atoms with Gasteiger partial charge in [-0.25, -0.2) is 22.7 Å². The number of pyridine rings is 1. The number of carbonyl (C=O) groups is 1. The number of rotatable bonds is 1. The average Bonchev–Trinajstić information content (AvgIpc) is 2.74. The van der Waals surface area contributed by atoms with Crippen LogP contribution in [0.3, 0.4) is 0 Å². The molecule has 0 aromatic carbocycles. The van der Waals surface area contributed by atoms with Gasteiger partial charge < -0.3 is 4.74 Å². The molecule has 0 saturated carbocycles. The Morgan fingerprint density at radius 2 is 2.00 bits per heavy atom. The normalized spacial score (nSPS) is 31.6. The van der Waals surface area contributed by atoms with Gasteiger partial charge in [-0.3, -0.25) is 10.3 Å². The van der Waals surface area contributed by atoms with E-state index in [0.29, 0.717) is 17.6 Å². The van der Waals surface area contributed by atoms with E-state index in [2.05, 4.69) is 30.6 Å². The second-order valence-corrected chi connectivity index (χ2v) is 12.7. The number of halogens is 2. The van der Waals surface area contributed by atoms with E-state index in [0.717, 1.165) is 12.8 Å². The summed E-state index contributed by atoms with van der Waals surface area (Å²) in [6, 6.07) is 2.79. The Bertz CT molecular complexity index is 1020. The number of aromatic nitrogens is 1. The monoisotopic (exact) mass is 502 g/mol. The molecule has 1 aromatic heterocycles. The van der Waals surface area contributed by atoms with Gasteiger partial charge in [-0.05, 0) is 81.9 Å². The highest BCUT2D eigenvalue weighted by molar-refractivity contribution is 9.10. The molecule has 30 heavy (non-hydrogen) atoms. The Morgan fingerprint density at radius 3 is 2.67 bits per heavy atom. The van der Waals surface area contributed by atoms with E-state index < -0.39 is 37.5 Å². The molecule has 3 atom stereocenters. The zero-order valence-electron chi connectivity index (χ0n) is 17.9. The molecule has 0 bridgehead atoms. The van der Waals surface area contributed by atoms with Gasteiger partial charge in [-0.2, -0.15) is 0 Å². The smallest absolute Gasteiger partial charge is 0.413 e. The average molecular weight is 503 g/mol. The largest absolute Gasteiger partial charge is 0.444 e. The van der Waals surface area contributed by atoms with Gasteiger partial charge in [-0.1, -0.05) is 0 Å². The Labute approximate surface area is 185 Å². The summed E-state index contributed by atoms with van der Waals surface area (Å²) in [7, 11) is -2.89. The zero-order chi connectivity index (χ0) is 22.4. The molecule has 1 aromatic rings. The third-order valence-electron chi connectivity index (χ3n) is 5.34. The first-order valence-corrected chi connectivity index (χ1v) is 12.4. The van der Waals surface area contributed by atoms with Crippen molar-refractivity contribution in [3.05, 3.63) is 28.2 Å². The summed E-state index contributed by atoms with van der Waals surface area (Å²) in [5.41, 5.74) is -1.91. The number of aliphatic imine (C=N–C) groups is 1. The lowest BCUT2D eigenvalue weighted by Crippen LogP contribution is -2.59. The van der Waals surface area contributed by atoms with Crippen molar-refractivity contribution in [2.75, 3.05) is 12.3 Å². The fraction of sp³-hybridized carbons (Fsp3) is 0.650. The maximum absolute atomic E-state index is 14.7. The second kappa shape index (κ2) is 7.85. The van der Waals surface area contributed by atoms with Crippen LogP contribution in [0.2, 0.25) is 0 Å². The molecule has 3 rings (SSSR count). The first kappa shape index (κ1) is 23.1. The van der Waals surface area contributed by atoms with E-state index in [4.69, 9.17) is 9.73 Å². The Hall–Kier alpha value is -1.55. The van der Waals surface area contributed by atoms with E-state index in [1.165, 1.54) is 12.1 Å². The van der Waals surface area contributed by atoms with Gasteiger partial charge in [0.2, 0.25) is 0 Å². The van der Waals surface area contributed by atoms with Crippen LogP contribution in [0.5, 0.6) is 0 Å². The molecule has 3 heterocycles. The summed E-state index contributed by atoms with van der Waals surface area (Å²) in [6.07, 6.45) is 1.45. The van der Waals surface area contributed by atoms with E-state index in [1.54, 1.807) is 27.7 Å². The minimum absolute atomic E-state index is 0.0242. The van der Waals surface area contributed by atoms with Crippen molar-refractivity contribution in [3.63, 3.8) is 0 Å². The minimum atomic E-state index is -2.89. The molecule has 2 aliphatic heterocycles. The number of carbonyl (C=O) groups excluding carboxylic acids is 1. The number of fused-ring (bicyclic) bond motifs is 1. The van der Waals surface area contributed by atoms with Crippen LogP contribution >= 0.6 is 15.9 Å². The topological polar surface area (TPSA) is 93.0 Å². The number of hydrogen-bond donors (Lipinski definition) is 1. The molecule has 3 unspecified atom stereocenters.